The van der Waals surface area contributed by atoms with Crippen molar-refractivity contribution < 1.29 is 14.5 Å². The predicted molar refractivity (Wildman–Crippen MR) is 111 cm³/mol. The van der Waals surface area contributed by atoms with Gasteiger partial charge in [0.1, 0.15) is 23.6 Å². The van der Waals surface area contributed by atoms with E-state index in [-0.39, 0.29) is 17.1 Å². The smallest absolute Gasteiger partial charge is 0.287 e. The lowest BCUT2D eigenvalue weighted by molar-refractivity contribution is -0.385. The van der Waals surface area contributed by atoms with E-state index in [4.69, 9.17) is 16.3 Å². The number of anilines is 1. The molecule has 0 aliphatic rings. The molecule has 0 spiro atoms. The molecule has 0 aliphatic carbocycles. The third-order valence-corrected chi connectivity index (χ3v) is 4.03. The number of nitrogens with zero attached hydrogens (tertiary/aromatic N) is 3. The number of carbonyl (C=O) groups excluding carboxylic acids is 1. The van der Waals surface area contributed by atoms with Crippen molar-refractivity contribution in [3.63, 3.8) is 0 Å². The highest BCUT2D eigenvalue weighted by Crippen LogP contribution is 2.22. The van der Waals surface area contributed by atoms with Crippen LogP contribution >= 0.6 is 11.6 Å². The van der Waals surface area contributed by atoms with E-state index in [1.54, 1.807) is 48.5 Å². The Hall–Kier alpha value is -4.22. The number of aromatic nitrogens is 1. The maximum absolute atomic E-state index is 12.3. The van der Waals surface area contributed by atoms with E-state index in [0.29, 0.717) is 22.0 Å². The molecule has 3 rings (SSSR count). The zero-order chi connectivity index (χ0) is 21.5. The minimum atomic E-state index is -0.560. The number of nitriles is 1. The Balaban J connectivity index is 1.69. The second kappa shape index (κ2) is 9.32. The molecule has 2 aromatic carbocycles. The standard InChI is InChI=1S/C21H13ClN4O4/c22-16-2-1-3-17(11-16)25-21(27)15(12-23)10-14-4-7-19(8-5-14)30-20-9-6-18(13-24-20)26(28)29/h1-11,13H,(H,25,27)/b15-10-. The van der Waals surface area contributed by atoms with E-state index >= 15 is 0 Å². The number of halogens is 1. The largest absolute Gasteiger partial charge is 0.439 e. The first-order chi connectivity index (χ1) is 14.4. The molecule has 8 nitrogen and oxygen atoms in total. The number of benzene rings is 2. The number of rotatable bonds is 6. The second-order valence-electron chi connectivity index (χ2n) is 5.92. The maximum Gasteiger partial charge on any atom is 0.287 e. The van der Waals surface area contributed by atoms with Gasteiger partial charge in [0.2, 0.25) is 5.88 Å². The highest BCUT2D eigenvalue weighted by Gasteiger charge is 2.10. The summed E-state index contributed by atoms with van der Waals surface area (Å²) in [5.41, 5.74) is 0.869. The zero-order valence-corrected chi connectivity index (χ0v) is 16.0. The van der Waals surface area contributed by atoms with Gasteiger partial charge in [-0.2, -0.15) is 5.26 Å². The molecule has 3 aromatic rings. The molecule has 0 aliphatic heterocycles. The van der Waals surface area contributed by atoms with Gasteiger partial charge in [-0.15, -0.1) is 0 Å². The number of hydrogen-bond donors (Lipinski definition) is 1. The highest BCUT2D eigenvalue weighted by atomic mass is 35.5. The lowest BCUT2D eigenvalue weighted by Crippen LogP contribution is -2.13. The Bertz CT molecular complexity index is 1150. The molecular formula is C21H13ClN4O4. The minimum Gasteiger partial charge on any atom is -0.439 e. The number of carbonyl (C=O) groups is 1. The first-order valence-corrected chi connectivity index (χ1v) is 8.89. The van der Waals surface area contributed by atoms with Gasteiger partial charge in [-0.3, -0.25) is 14.9 Å². The van der Waals surface area contributed by atoms with Gasteiger partial charge in [0, 0.05) is 22.8 Å². The van der Waals surface area contributed by atoms with E-state index in [1.807, 2.05) is 6.07 Å². The third kappa shape index (κ3) is 5.41. The minimum absolute atomic E-state index is 0.0827. The summed E-state index contributed by atoms with van der Waals surface area (Å²) in [5.74, 6) is 0.0769. The van der Waals surface area contributed by atoms with E-state index < -0.39 is 10.8 Å². The molecule has 9 heteroatoms. The summed E-state index contributed by atoms with van der Waals surface area (Å²) in [6.45, 7) is 0. The first kappa shape index (κ1) is 20.5. The Morgan fingerprint density at radius 2 is 1.97 bits per heavy atom. The second-order valence-corrected chi connectivity index (χ2v) is 6.35. The number of pyridine rings is 1. The van der Waals surface area contributed by atoms with Gasteiger partial charge in [0.15, 0.2) is 0 Å². The molecule has 0 unspecified atom stereocenters. The fourth-order valence-electron chi connectivity index (χ4n) is 2.37. The van der Waals surface area contributed by atoms with E-state index in [1.165, 1.54) is 18.2 Å². The molecule has 1 heterocycles. The van der Waals surface area contributed by atoms with Gasteiger partial charge in [-0.25, -0.2) is 4.98 Å². The number of amides is 1. The molecule has 0 atom stereocenters. The van der Waals surface area contributed by atoms with Crippen molar-refractivity contribution in [2.75, 3.05) is 5.32 Å². The molecule has 0 radical (unpaired) electrons. The van der Waals surface area contributed by atoms with Gasteiger partial charge in [-0.1, -0.05) is 29.8 Å². The normalized spacial score (nSPS) is 10.7. The van der Waals surface area contributed by atoms with Crippen LogP contribution in [0.5, 0.6) is 11.6 Å². The third-order valence-electron chi connectivity index (χ3n) is 3.79. The number of hydrogen-bond acceptors (Lipinski definition) is 6. The van der Waals surface area contributed by atoms with Crippen molar-refractivity contribution in [3.8, 4) is 17.7 Å². The quantitative estimate of drug-likeness (QED) is 0.260. The monoisotopic (exact) mass is 420 g/mol. The Labute approximate surface area is 176 Å². The van der Waals surface area contributed by atoms with Crippen molar-refractivity contribution in [1.82, 2.24) is 4.98 Å². The molecule has 30 heavy (non-hydrogen) atoms. The maximum atomic E-state index is 12.3. The number of ether oxygens (including phenoxy) is 1. The van der Waals surface area contributed by atoms with Crippen LogP contribution in [-0.4, -0.2) is 15.8 Å². The molecule has 0 bridgehead atoms. The van der Waals surface area contributed by atoms with Crippen LogP contribution in [0.15, 0.2) is 72.4 Å². The molecule has 1 N–H and O–H groups in total. The van der Waals surface area contributed by atoms with Crippen molar-refractivity contribution in [3.05, 3.63) is 93.1 Å². The summed E-state index contributed by atoms with van der Waals surface area (Å²) >= 11 is 5.89. The Morgan fingerprint density at radius 3 is 2.57 bits per heavy atom. The first-order valence-electron chi connectivity index (χ1n) is 8.51. The van der Waals surface area contributed by atoms with E-state index in [2.05, 4.69) is 10.3 Å². The van der Waals surface area contributed by atoms with Gasteiger partial charge < -0.3 is 10.1 Å². The molecular weight excluding hydrogens is 408 g/mol. The zero-order valence-electron chi connectivity index (χ0n) is 15.3. The van der Waals surface area contributed by atoms with Crippen molar-refractivity contribution in [2.45, 2.75) is 0 Å². The van der Waals surface area contributed by atoms with Crippen molar-refractivity contribution in [1.29, 1.82) is 5.26 Å². The number of nitrogens with one attached hydrogen (secondary N) is 1. The van der Waals surface area contributed by atoms with Crippen LogP contribution in [0.1, 0.15) is 5.56 Å². The van der Waals surface area contributed by atoms with Gasteiger partial charge in [0.05, 0.1) is 4.92 Å². The van der Waals surface area contributed by atoms with Gasteiger partial charge in [0.25, 0.3) is 11.6 Å². The summed E-state index contributed by atoms with van der Waals surface area (Å²) in [5, 5.41) is 23.0. The molecule has 0 saturated heterocycles. The van der Waals surface area contributed by atoms with Crippen LogP contribution < -0.4 is 10.1 Å². The van der Waals surface area contributed by atoms with E-state index in [9.17, 15) is 20.2 Å². The van der Waals surface area contributed by atoms with Crippen molar-refractivity contribution in [2.24, 2.45) is 0 Å². The summed E-state index contributed by atoms with van der Waals surface area (Å²) in [6, 6.07) is 17.7. The molecule has 0 fully saturated rings. The Kier molecular flexibility index (Phi) is 6.37. The lowest BCUT2D eigenvalue weighted by atomic mass is 10.1. The summed E-state index contributed by atoms with van der Waals surface area (Å²) in [4.78, 5) is 26.3. The van der Waals surface area contributed by atoms with Crippen LogP contribution in [-0.2, 0) is 4.79 Å². The molecule has 1 aromatic heterocycles. The van der Waals surface area contributed by atoms with Crippen LogP contribution in [0, 0.1) is 21.4 Å². The highest BCUT2D eigenvalue weighted by molar-refractivity contribution is 6.31. The topological polar surface area (TPSA) is 118 Å². The van der Waals surface area contributed by atoms with Crippen LogP contribution in [0.4, 0.5) is 11.4 Å². The molecule has 148 valence electrons. The average Bonchev–Trinajstić information content (AvgIpc) is 2.73. The lowest BCUT2D eigenvalue weighted by Gasteiger charge is -2.06. The van der Waals surface area contributed by atoms with E-state index in [0.717, 1.165) is 6.20 Å². The SMILES string of the molecule is N#C/C(=C/c1ccc(Oc2ccc([N+](=O)[O-])cn2)cc1)C(=O)Nc1cccc(Cl)c1. The van der Waals surface area contributed by atoms with Crippen LogP contribution in [0.2, 0.25) is 5.02 Å². The molecule has 0 saturated carbocycles. The molecule has 1 amide bonds. The fourth-order valence-corrected chi connectivity index (χ4v) is 2.56. The summed E-state index contributed by atoms with van der Waals surface area (Å²) in [7, 11) is 0. The Morgan fingerprint density at radius 1 is 1.20 bits per heavy atom. The number of nitro groups is 1. The fraction of sp³-hybridized carbons (Fsp3) is 0. The average molecular weight is 421 g/mol. The van der Waals surface area contributed by atoms with Gasteiger partial charge >= 0.3 is 0 Å². The predicted octanol–water partition coefficient (Wildman–Crippen LogP) is 4.98. The summed E-state index contributed by atoms with van der Waals surface area (Å²) in [6.07, 6.45) is 2.54. The van der Waals surface area contributed by atoms with Crippen LogP contribution in [0.25, 0.3) is 6.08 Å². The van der Waals surface area contributed by atoms with Crippen LogP contribution in [0.3, 0.4) is 0 Å². The summed E-state index contributed by atoms with van der Waals surface area (Å²) < 4.78 is 5.53. The van der Waals surface area contributed by atoms with Crippen molar-refractivity contribution >= 4 is 35.0 Å². The van der Waals surface area contributed by atoms with Gasteiger partial charge in [-0.05, 0) is 42.0 Å².